The van der Waals surface area contributed by atoms with Gasteiger partial charge in [-0.2, -0.15) is 0 Å². The highest BCUT2D eigenvalue weighted by molar-refractivity contribution is 5.99. The smallest absolute Gasteiger partial charge is 0.256 e. The summed E-state index contributed by atoms with van der Waals surface area (Å²) in [4.78, 5) is 28.9. The molecule has 2 aliphatic rings. The highest BCUT2D eigenvalue weighted by atomic mass is 19.1. The average molecular weight is 380 g/mol. The van der Waals surface area contributed by atoms with Crippen LogP contribution in [0.3, 0.4) is 0 Å². The molecule has 2 amide bonds. The zero-order valence-corrected chi connectivity index (χ0v) is 15.4. The van der Waals surface area contributed by atoms with Gasteiger partial charge < -0.3 is 14.5 Å². The molecule has 0 aromatic heterocycles. The van der Waals surface area contributed by atoms with E-state index >= 15 is 0 Å². The van der Waals surface area contributed by atoms with Gasteiger partial charge in [-0.05, 0) is 30.7 Å². The molecule has 0 bridgehead atoms. The van der Waals surface area contributed by atoms with Crippen LogP contribution >= 0.6 is 0 Å². The van der Waals surface area contributed by atoms with Crippen LogP contribution in [-0.4, -0.2) is 54.4 Å². The first-order chi connectivity index (χ1) is 13.6. The number of ether oxygens (including phenoxy) is 1. The second-order valence-electron chi connectivity index (χ2n) is 6.91. The van der Waals surface area contributed by atoms with Gasteiger partial charge in [-0.1, -0.05) is 30.3 Å². The first-order valence-corrected chi connectivity index (χ1v) is 9.39. The lowest BCUT2D eigenvalue weighted by Crippen LogP contribution is -2.39. The minimum absolute atomic E-state index is 0.0715. The molecule has 1 fully saturated rings. The van der Waals surface area contributed by atoms with Crippen LogP contribution in [-0.2, 0) is 4.79 Å². The zero-order valence-electron chi connectivity index (χ0n) is 15.4. The minimum Gasteiger partial charge on any atom is -0.488 e. The number of halogens is 1. The number of fused-ring (bicyclic) bond motifs is 1. The van der Waals surface area contributed by atoms with Crippen molar-refractivity contribution in [1.29, 1.82) is 0 Å². The van der Waals surface area contributed by atoms with E-state index < -0.39 is 5.82 Å². The molecule has 5 nitrogen and oxygen atoms in total. The van der Waals surface area contributed by atoms with Gasteiger partial charge in [-0.3, -0.25) is 9.59 Å². The Labute approximate surface area is 163 Å². The second kappa shape index (κ2) is 7.84. The zero-order chi connectivity index (χ0) is 19.5. The highest BCUT2D eigenvalue weighted by Crippen LogP contribution is 2.26. The van der Waals surface area contributed by atoms with E-state index in [1.807, 2.05) is 30.3 Å². The maximum absolute atomic E-state index is 13.9. The molecule has 28 heavy (non-hydrogen) atoms. The number of carbonyl (C=O) groups excluding carboxylic acids is 2. The normalized spacial score (nSPS) is 16.5. The molecule has 2 aliphatic heterocycles. The summed E-state index contributed by atoms with van der Waals surface area (Å²) in [6.45, 7) is 2.08. The summed E-state index contributed by atoms with van der Waals surface area (Å²) in [7, 11) is 0. The molecule has 2 aromatic rings. The highest BCUT2D eigenvalue weighted by Gasteiger charge is 2.27. The van der Waals surface area contributed by atoms with Crippen LogP contribution < -0.4 is 4.74 Å². The maximum Gasteiger partial charge on any atom is 0.256 e. The number of para-hydroxylation sites is 1. The fourth-order valence-corrected chi connectivity index (χ4v) is 3.57. The molecule has 0 unspecified atom stereocenters. The van der Waals surface area contributed by atoms with Crippen LogP contribution in [0, 0.1) is 5.82 Å². The monoisotopic (exact) mass is 380 g/mol. The number of carbonyl (C=O) groups is 2. The predicted octanol–water partition coefficient (Wildman–Crippen LogP) is 2.98. The van der Waals surface area contributed by atoms with E-state index in [1.165, 1.54) is 12.1 Å². The molecule has 0 radical (unpaired) electrons. The fraction of sp³-hybridized carbons (Fsp3) is 0.273. The first-order valence-electron chi connectivity index (χ1n) is 9.39. The fourth-order valence-electron chi connectivity index (χ4n) is 3.57. The Morgan fingerprint density at radius 2 is 1.54 bits per heavy atom. The van der Waals surface area contributed by atoms with Crippen molar-refractivity contribution in [2.75, 3.05) is 32.8 Å². The van der Waals surface area contributed by atoms with Crippen LogP contribution in [0.15, 0.2) is 54.1 Å². The van der Waals surface area contributed by atoms with Gasteiger partial charge in [0.15, 0.2) is 0 Å². The van der Waals surface area contributed by atoms with Gasteiger partial charge in [-0.15, -0.1) is 0 Å². The Bertz CT molecular complexity index is 941. The van der Waals surface area contributed by atoms with Crippen molar-refractivity contribution in [3.63, 3.8) is 0 Å². The Morgan fingerprint density at radius 3 is 2.32 bits per heavy atom. The molecule has 0 aliphatic carbocycles. The Hall–Kier alpha value is -3.15. The van der Waals surface area contributed by atoms with Crippen LogP contribution in [0.5, 0.6) is 5.75 Å². The van der Waals surface area contributed by atoms with Gasteiger partial charge >= 0.3 is 0 Å². The third kappa shape index (κ3) is 3.63. The third-order valence-corrected chi connectivity index (χ3v) is 5.08. The van der Waals surface area contributed by atoms with Crippen LogP contribution in [0.4, 0.5) is 4.39 Å². The van der Waals surface area contributed by atoms with Crippen molar-refractivity contribution in [3.05, 3.63) is 71.0 Å². The SMILES string of the molecule is O=C(C1=Cc2ccccc2OC1)N1CCCN(C(=O)c2ccccc2F)CC1. The lowest BCUT2D eigenvalue weighted by Gasteiger charge is -2.25. The van der Waals surface area contributed by atoms with E-state index in [2.05, 4.69) is 0 Å². The summed E-state index contributed by atoms with van der Waals surface area (Å²) in [5, 5.41) is 0. The van der Waals surface area contributed by atoms with Crippen molar-refractivity contribution < 1.29 is 18.7 Å². The number of nitrogens with zero attached hydrogens (tertiary/aromatic N) is 2. The average Bonchev–Trinajstić information content (AvgIpc) is 2.99. The van der Waals surface area contributed by atoms with E-state index in [1.54, 1.807) is 21.9 Å². The van der Waals surface area contributed by atoms with Gasteiger partial charge in [0.25, 0.3) is 11.8 Å². The predicted molar refractivity (Wildman–Crippen MR) is 103 cm³/mol. The Morgan fingerprint density at radius 1 is 0.857 bits per heavy atom. The molecular weight excluding hydrogens is 359 g/mol. The largest absolute Gasteiger partial charge is 0.488 e. The summed E-state index contributed by atoms with van der Waals surface area (Å²) in [5.41, 5.74) is 1.57. The van der Waals surface area contributed by atoms with Crippen molar-refractivity contribution in [3.8, 4) is 5.75 Å². The molecule has 144 valence electrons. The molecule has 0 saturated carbocycles. The van der Waals surface area contributed by atoms with Gasteiger partial charge in [0.2, 0.25) is 0 Å². The summed E-state index contributed by atoms with van der Waals surface area (Å²) >= 11 is 0. The van der Waals surface area contributed by atoms with Crippen LogP contribution in [0.1, 0.15) is 22.3 Å². The minimum atomic E-state index is -0.521. The molecule has 2 heterocycles. The van der Waals surface area contributed by atoms with Crippen molar-refractivity contribution >= 4 is 17.9 Å². The van der Waals surface area contributed by atoms with Crippen LogP contribution in [0.2, 0.25) is 0 Å². The summed E-state index contributed by atoms with van der Waals surface area (Å²) in [6.07, 6.45) is 2.52. The summed E-state index contributed by atoms with van der Waals surface area (Å²) in [5.74, 6) is -0.152. The van der Waals surface area contributed by atoms with E-state index in [0.717, 1.165) is 11.3 Å². The first kappa shape index (κ1) is 18.2. The lowest BCUT2D eigenvalue weighted by molar-refractivity contribution is -0.127. The number of rotatable bonds is 2. The summed E-state index contributed by atoms with van der Waals surface area (Å²) in [6, 6.07) is 13.6. The molecule has 0 atom stereocenters. The van der Waals surface area contributed by atoms with E-state index in [-0.39, 0.29) is 24.0 Å². The molecular formula is C22H21FN2O3. The summed E-state index contributed by atoms with van der Waals surface area (Å²) < 4.78 is 19.6. The van der Waals surface area contributed by atoms with E-state index in [4.69, 9.17) is 4.74 Å². The maximum atomic E-state index is 13.9. The van der Waals surface area contributed by atoms with Gasteiger partial charge in [-0.25, -0.2) is 4.39 Å². The molecule has 1 saturated heterocycles. The Kier molecular flexibility index (Phi) is 5.10. The van der Waals surface area contributed by atoms with Crippen molar-refractivity contribution in [2.24, 2.45) is 0 Å². The molecule has 2 aromatic carbocycles. The lowest BCUT2D eigenvalue weighted by atomic mass is 10.1. The van der Waals surface area contributed by atoms with Crippen molar-refractivity contribution in [1.82, 2.24) is 9.80 Å². The molecule has 0 N–H and O–H groups in total. The standard InChI is InChI=1S/C22H21FN2O3/c23-19-8-3-2-7-18(19)22(27)25-11-5-10-24(12-13-25)21(26)17-14-16-6-1-4-9-20(16)28-15-17/h1-4,6-9,14H,5,10-13,15H2. The number of amides is 2. The number of hydrogen-bond acceptors (Lipinski definition) is 3. The van der Waals surface area contributed by atoms with Gasteiger partial charge in [0, 0.05) is 31.7 Å². The van der Waals surface area contributed by atoms with Gasteiger partial charge in [0.1, 0.15) is 18.2 Å². The van der Waals surface area contributed by atoms with E-state index in [0.29, 0.717) is 38.2 Å². The third-order valence-electron chi connectivity index (χ3n) is 5.08. The molecule has 6 heteroatoms. The molecule has 0 spiro atoms. The van der Waals surface area contributed by atoms with E-state index in [9.17, 15) is 14.0 Å². The Balaban J connectivity index is 1.44. The second-order valence-corrected chi connectivity index (χ2v) is 6.91. The van der Waals surface area contributed by atoms with Crippen molar-refractivity contribution in [2.45, 2.75) is 6.42 Å². The van der Waals surface area contributed by atoms with Gasteiger partial charge in [0.05, 0.1) is 11.1 Å². The quantitative estimate of drug-likeness (QED) is 0.805. The van der Waals surface area contributed by atoms with Crippen LogP contribution in [0.25, 0.3) is 6.08 Å². The topological polar surface area (TPSA) is 49.9 Å². The number of benzene rings is 2. The number of hydrogen-bond donors (Lipinski definition) is 0. The molecule has 4 rings (SSSR count).